The molecule has 0 bridgehead atoms. The standard InChI is InChI=1S/C24H27FN6O2/c1-24(2,14-27)18-6-4-15(5-7-18)11-30-13-17(10-26)23(32)31-12-16-8-19(25)21(22(28)29)20(9-16)33-3/h4-10,13H,11-12,26H2,1-3H3,(H3,28,29)(H,31,32)/b17-10+,30-13?. The Hall–Kier alpha value is -4.19. The Balaban J connectivity index is 2.01. The van der Waals surface area contributed by atoms with Crippen LogP contribution in [-0.2, 0) is 23.3 Å². The van der Waals surface area contributed by atoms with Crippen LogP contribution in [0.5, 0.6) is 5.75 Å². The van der Waals surface area contributed by atoms with Crippen molar-refractivity contribution in [3.63, 3.8) is 0 Å². The van der Waals surface area contributed by atoms with E-state index < -0.39 is 23.0 Å². The SMILES string of the molecule is COc1cc(CNC(=O)/C(C=NCc2ccc(C(C)(C)C#N)cc2)=C/N)cc(F)c1C(=N)N. The highest BCUT2D eigenvalue weighted by atomic mass is 19.1. The summed E-state index contributed by atoms with van der Waals surface area (Å²) in [4.78, 5) is 16.7. The minimum atomic E-state index is -0.716. The molecule has 8 nitrogen and oxygen atoms in total. The summed E-state index contributed by atoms with van der Waals surface area (Å²) in [5, 5.41) is 19.3. The van der Waals surface area contributed by atoms with E-state index in [1.165, 1.54) is 25.5 Å². The Kier molecular flexibility index (Phi) is 8.29. The summed E-state index contributed by atoms with van der Waals surface area (Å²) in [6.07, 6.45) is 2.50. The zero-order chi connectivity index (χ0) is 24.6. The Morgan fingerprint density at radius 1 is 1.30 bits per heavy atom. The highest BCUT2D eigenvalue weighted by Crippen LogP contribution is 2.24. The fourth-order valence-corrected chi connectivity index (χ4v) is 2.96. The number of amidine groups is 1. The second-order valence-corrected chi connectivity index (χ2v) is 7.78. The van der Waals surface area contributed by atoms with E-state index in [1.807, 2.05) is 38.1 Å². The van der Waals surface area contributed by atoms with Crippen LogP contribution in [0.1, 0.15) is 36.1 Å². The third kappa shape index (κ3) is 6.40. The fraction of sp³-hybridized carbons (Fsp3) is 0.250. The first-order valence-electron chi connectivity index (χ1n) is 10.0. The Labute approximate surface area is 192 Å². The van der Waals surface area contributed by atoms with Gasteiger partial charge in [-0.05, 0) is 42.7 Å². The van der Waals surface area contributed by atoms with Crippen LogP contribution in [0.25, 0.3) is 0 Å². The number of amides is 1. The predicted octanol–water partition coefficient (Wildman–Crippen LogP) is 2.65. The predicted molar refractivity (Wildman–Crippen MR) is 125 cm³/mol. The van der Waals surface area contributed by atoms with Crippen LogP contribution in [0, 0.1) is 22.6 Å². The van der Waals surface area contributed by atoms with Crippen molar-refractivity contribution in [2.45, 2.75) is 32.4 Å². The summed E-state index contributed by atoms with van der Waals surface area (Å²) in [5.41, 5.74) is 12.6. The second-order valence-electron chi connectivity index (χ2n) is 7.78. The largest absolute Gasteiger partial charge is 0.496 e. The number of nitriles is 1. The molecule has 0 atom stereocenters. The molecule has 1 amide bonds. The summed E-state index contributed by atoms with van der Waals surface area (Å²) in [5.74, 6) is -1.55. The number of hydrogen-bond donors (Lipinski definition) is 4. The first-order valence-corrected chi connectivity index (χ1v) is 10.0. The average molecular weight is 451 g/mol. The summed E-state index contributed by atoms with van der Waals surface area (Å²) >= 11 is 0. The van der Waals surface area contributed by atoms with Crippen LogP contribution in [-0.4, -0.2) is 25.1 Å². The molecule has 0 aliphatic carbocycles. The van der Waals surface area contributed by atoms with Gasteiger partial charge < -0.3 is 21.5 Å². The van der Waals surface area contributed by atoms with Gasteiger partial charge in [0, 0.05) is 19.0 Å². The maximum atomic E-state index is 14.3. The Morgan fingerprint density at radius 3 is 2.52 bits per heavy atom. The lowest BCUT2D eigenvalue weighted by Crippen LogP contribution is -2.26. The molecule has 0 spiro atoms. The third-order valence-electron chi connectivity index (χ3n) is 4.96. The van der Waals surface area contributed by atoms with E-state index in [9.17, 15) is 14.4 Å². The van der Waals surface area contributed by atoms with Crippen LogP contribution < -0.4 is 21.5 Å². The molecule has 0 aliphatic heterocycles. The summed E-state index contributed by atoms with van der Waals surface area (Å²) in [6, 6.07) is 12.5. The van der Waals surface area contributed by atoms with E-state index in [2.05, 4.69) is 16.4 Å². The van der Waals surface area contributed by atoms with Gasteiger partial charge in [-0.25, -0.2) is 4.39 Å². The Morgan fingerprint density at radius 2 is 1.97 bits per heavy atom. The lowest BCUT2D eigenvalue weighted by Gasteiger charge is -2.15. The van der Waals surface area contributed by atoms with Gasteiger partial charge in [-0.15, -0.1) is 0 Å². The minimum absolute atomic E-state index is 0.00557. The molecule has 2 aromatic carbocycles. The van der Waals surface area contributed by atoms with Crippen LogP contribution in [0.3, 0.4) is 0 Å². The molecule has 0 radical (unpaired) electrons. The number of nitrogens with zero attached hydrogens (tertiary/aromatic N) is 2. The van der Waals surface area contributed by atoms with Crippen LogP contribution in [0.15, 0.2) is 53.2 Å². The molecule has 172 valence electrons. The average Bonchev–Trinajstić information content (AvgIpc) is 2.79. The Bertz CT molecular complexity index is 1130. The number of aliphatic imine (C=N–C) groups is 1. The number of nitrogen functional groups attached to an aromatic ring is 1. The monoisotopic (exact) mass is 450 g/mol. The van der Waals surface area contributed by atoms with E-state index >= 15 is 0 Å². The van der Waals surface area contributed by atoms with Gasteiger partial charge in [-0.2, -0.15) is 5.26 Å². The molecule has 0 aromatic heterocycles. The minimum Gasteiger partial charge on any atom is -0.496 e. The number of carbonyl (C=O) groups excluding carboxylic acids is 1. The number of methoxy groups -OCH3 is 1. The van der Waals surface area contributed by atoms with Crippen molar-refractivity contribution in [1.29, 1.82) is 10.7 Å². The van der Waals surface area contributed by atoms with Gasteiger partial charge in [0.1, 0.15) is 17.4 Å². The van der Waals surface area contributed by atoms with Crippen molar-refractivity contribution in [2.75, 3.05) is 7.11 Å². The molecular weight excluding hydrogens is 423 g/mol. The number of hydrogen-bond acceptors (Lipinski definition) is 6. The molecule has 0 aliphatic rings. The molecule has 0 heterocycles. The molecule has 0 saturated carbocycles. The third-order valence-corrected chi connectivity index (χ3v) is 4.96. The van der Waals surface area contributed by atoms with E-state index in [0.717, 1.165) is 17.3 Å². The quantitative estimate of drug-likeness (QED) is 0.263. The molecule has 0 unspecified atom stereocenters. The number of carbonyl (C=O) groups is 1. The van der Waals surface area contributed by atoms with Gasteiger partial charge in [0.2, 0.25) is 0 Å². The van der Waals surface area contributed by atoms with Gasteiger partial charge in [0.15, 0.2) is 0 Å². The van der Waals surface area contributed by atoms with Crippen LogP contribution in [0.4, 0.5) is 4.39 Å². The van der Waals surface area contributed by atoms with Crippen molar-refractivity contribution < 1.29 is 13.9 Å². The fourth-order valence-electron chi connectivity index (χ4n) is 2.96. The van der Waals surface area contributed by atoms with E-state index in [4.69, 9.17) is 21.6 Å². The molecule has 6 N–H and O–H groups in total. The summed E-state index contributed by atoms with van der Waals surface area (Å²) in [6.45, 7) is 4.02. The number of halogens is 1. The lowest BCUT2D eigenvalue weighted by atomic mass is 9.86. The van der Waals surface area contributed by atoms with Crippen molar-refractivity contribution in [2.24, 2.45) is 16.5 Å². The summed E-state index contributed by atoms with van der Waals surface area (Å²) < 4.78 is 19.3. The smallest absolute Gasteiger partial charge is 0.254 e. The van der Waals surface area contributed by atoms with Gasteiger partial charge in [-0.3, -0.25) is 15.2 Å². The summed E-state index contributed by atoms with van der Waals surface area (Å²) in [7, 11) is 1.34. The van der Waals surface area contributed by atoms with Gasteiger partial charge in [-0.1, -0.05) is 24.3 Å². The molecule has 33 heavy (non-hydrogen) atoms. The number of ether oxygens (including phenoxy) is 1. The van der Waals surface area contributed by atoms with Gasteiger partial charge in [0.25, 0.3) is 5.91 Å². The molecule has 2 aromatic rings. The zero-order valence-corrected chi connectivity index (χ0v) is 18.8. The van der Waals surface area contributed by atoms with E-state index in [1.54, 1.807) is 0 Å². The van der Waals surface area contributed by atoms with Gasteiger partial charge in [0.05, 0.1) is 36.3 Å². The topological polar surface area (TPSA) is 150 Å². The molecule has 0 saturated heterocycles. The first-order chi connectivity index (χ1) is 15.6. The second kappa shape index (κ2) is 10.9. The van der Waals surface area contributed by atoms with Crippen molar-refractivity contribution in [3.8, 4) is 11.8 Å². The van der Waals surface area contributed by atoms with Crippen molar-refractivity contribution >= 4 is 18.0 Å². The lowest BCUT2D eigenvalue weighted by molar-refractivity contribution is -0.117. The maximum Gasteiger partial charge on any atom is 0.254 e. The van der Waals surface area contributed by atoms with E-state index in [0.29, 0.717) is 12.1 Å². The van der Waals surface area contributed by atoms with Crippen molar-refractivity contribution in [1.82, 2.24) is 5.32 Å². The normalized spacial score (nSPS) is 11.8. The molecular formula is C24H27FN6O2. The van der Waals surface area contributed by atoms with Gasteiger partial charge >= 0.3 is 0 Å². The van der Waals surface area contributed by atoms with E-state index in [-0.39, 0.29) is 23.4 Å². The molecule has 2 rings (SSSR count). The number of nitrogens with one attached hydrogen (secondary N) is 2. The number of benzene rings is 2. The van der Waals surface area contributed by atoms with Crippen LogP contribution in [0.2, 0.25) is 0 Å². The maximum absolute atomic E-state index is 14.3. The highest BCUT2D eigenvalue weighted by molar-refractivity contribution is 6.12. The highest BCUT2D eigenvalue weighted by Gasteiger charge is 2.19. The van der Waals surface area contributed by atoms with Crippen molar-refractivity contribution in [3.05, 3.63) is 76.2 Å². The number of nitrogens with two attached hydrogens (primary N) is 2. The molecule has 0 fully saturated rings. The first kappa shape index (κ1) is 25.1. The van der Waals surface area contributed by atoms with Crippen LogP contribution >= 0.6 is 0 Å². The number of rotatable bonds is 9. The zero-order valence-electron chi connectivity index (χ0n) is 18.8. The molecule has 9 heteroatoms.